The van der Waals surface area contributed by atoms with Crippen molar-refractivity contribution in [1.82, 2.24) is 15.0 Å². The van der Waals surface area contributed by atoms with E-state index < -0.39 is 0 Å². The number of hydrogen-bond donors (Lipinski definition) is 0. The van der Waals surface area contributed by atoms with Crippen LogP contribution in [0.1, 0.15) is 25.0 Å². The molecule has 0 unspecified atom stereocenters. The van der Waals surface area contributed by atoms with E-state index in [9.17, 15) is 0 Å². The minimum atomic E-state index is -0.321. The lowest BCUT2D eigenvalue weighted by Gasteiger charge is -2.25. The van der Waals surface area contributed by atoms with E-state index in [0.717, 1.165) is 77.6 Å². The molecule has 0 amide bonds. The fraction of sp³-hybridized carbons (Fsp3) is 0.0556. The predicted octanol–water partition coefficient (Wildman–Crippen LogP) is 14.1. The van der Waals surface area contributed by atoms with Gasteiger partial charge in [-0.25, -0.2) is 15.0 Å². The Morgan fingerprint density at radius 2 is 0.879 bits per heavy atom. The van der Waals surface area contributed by atoms with E-state index in [2.05, 4.69) is 178 Å². The summed E-state index contributed by atoms with van der Waals surface area (Å²) in [4.78, 5) is 15.9. The van der Waals surface area contributed by atoms with Gasteiger partial charge in [0.2, 0.25) is 0 Å². The molecule has 10 aromatic rings. The van der Waals surface area contributed by atoms with E-state index in [-0.39, 0.29) is 5.41 Å². The van der Waals surface area contributed by atoms with Gasteiger partial charge in [-0.2, -0.15) is 0 Å². The van der Waals surface area contributed by atoms with Gasteiger partial charge in [0.25, 0.3) is 0 Å². The van der Waals surface area contributed by atoms with Gasteiger partial charge in [-0.1, -0.05) is 178 Å². The lowest BCUT2D eigenvalue weighted by atomic mass is 9.78. The van der Waals surface area contributed by atoms with E-state index in [0.29, 0.717) is 17.5 Å². The normalized spacial score (nSPS) is 12.8. The molecule has 0 N–H and O–H groups in total. The minimum Gasteiger partial charge on any atom is -0.455 e. The predicted molar refractivity (Wildman–Crippen MR) is 237 cm³/mol. The standard InChI is InChI=1S/C54H37N3O/c1-54(2)46-28-11-9-25-44(46)48-45(31-30-41(49(48)54)43-27-15-26-42-40-24-10-12-29-47(40)58-50(42)43)53-56-51(38-22-13-20-36(32-38)34-16-5-3-6-17-34)55-52(57-53)39-23-14-21-37(33-39)35-18-7-4-8-19-35/h3-33H,1-2H3. The molecule has 1 aliphatic rings. The molecule has 0 fully saturated rings. The maximum atomic E-state index is 6.64. The number of hydrogen-bond acceptors (Lipinski definition) is 4. The van der Waals surface area contributed by atoms with Crippen LogP contribution < -0.4 is 0 Å². The van der Waals surface area contributed by atoms with Gasteiger partial charge in [0.05, 0.1) is 0 Å². The first-order valence-corrected chi connectivity index (χ1v) is 19.8. The Hall–Kier alpha value is -7.43. The van der Waals surface area contributed by atoms with E-state index in [1.54, 1.807) is 0 Å². The molecule has 0 bridgehead atoms. The third kappa shape index (κ3) is 5.48. The van der Waals surface area contributed by atoms with Crippen LogP contribution in [-0.4, -0.2) is 15.0 Å². The van der Waals surface area contributed by atoms with E-state index in [1.165, 1.54) is 16.7 Å². The summed E-state index contributed by atoms with van der Waals surface area (Å²) < 4.78 is 6.64. The highest BCUT2D eigenvalue weighted by Crippen LogP contribution is 2.56. The summed E-state index contributed by atoms with van der Waals surface area (Å²) >= 11 is 0. The fourth-order valence-corrected chi connectivity index (χ4v) is 8.97. The van der Waals surface area contributed by atoms with E-state index >= 15 is 0 Å². The SMILES string of the molecule is CC1(C)c2ccccc2-c2c(-c3nc(-c4cccc(-c5ccccc5)c4)nc(-c4cccc(-c5ccccc5)c4)n3)ccc(-c3cccc4c3oc3ccccc34)c21. The molecule has 0 spiro atoms. The average Bonchev–Trinajstić information content (AvgIpc) is 3.79. The molecule has 0 aliphatic heterocycles. The van der Waals surface area contributed by atoms with Crippen LogP contribution in [0, 0.1) is 0 Å². The quantitative estimate of drug-likeness (QED) is 0.170. The molecule has 0 atom stereocenters. The molecular formula is C54H37N3O. The second-order valence-corrected chi connectivity index (χ2v) is 15.6. The molecule has 0 saturated heterocycles. The van der Waals surface area contributed by atoms with Crippen LogP contribution in [0.4, 0.5) is 0 Å². The molecule has 4 nitrogen and oxygen atoms in total. The summed E-state index contributed by atoms with van der Waals surface area (Å²) in [6.45, 7) is 4.66. The second kappa shape index (κ2) is 13.4. The molecule has 4 heteroatoms. The molecule has 58 heavy (non-hydrogen) atoms. The van der Waals surface area contributed by atoms with Crippen molar-refractivity contribution < 1.29 is 4.42 Å². The maximum absolute atomic E-state index is 6.64. The lowest BCUT2D eigenvalue weighted by Crippen LogP contribution is -2.16. The molecule has 11 rings (SSSR count). The highest BCUT2D eigenvalue weighted by molar-refractivity contribution is 6.11. The number of aromatic nitrogens is 3. The summed E-state index contributed by atoms with van der Waals surface area (Å²) in [5.74, 6) is 1.88. The molecule has 274 valence electrons. The van der Waals surface area contributed by atoms with Gasteiger partial charge in [0.1, 0.15) is 11.2 Å². The van der Waals surface area contributed by atoms with Crippen molar-refractivity contribution in [2.75, 3.05) is 0 Å². The van der Waals surface area contributed by atoms with Crippen LogP contribution in [0.15, 0.2) is 192 Å². The second-order valence-electron chi connectivity index (χ2n) is 15.6. The van der Waals surface area contributed by atoms with Crippen molar-refractivity contribution >= 4 is 21.9 Å². The summed E-state index contributed by atoms with van der Waals surface area (Å²) in [5.41, 5.74) is 15.8. The average molecular weight is 744 g/mol. The monoisotopic (exact) mass is 743 g/mol. The molecule has 1 aliphatic carbocycles. The van der Waals surface area contributed by atoms with Crippen molar-refractivity contribution in [1.29, 1.82) is 0 Å². The zero-order valence-electron chi connectivity index (χ0n) is 32.1. The van der Waals surface area contributed by atoms with Crippen molar-refractivity contribution in [3.8, 4) is 78.7 Å². The van der Waals surface area contributed by atoms with Crippen LogP contribution in [-0.2, 0) is 5.41 Å². The van der Waals surface area contributed by atoms with E-state index in [1.807, 2.05) is 24.3 Å². The molecule has 2 heterocycles. The van der Waals surface area contributed by atoms with Gasteiger partial charge < -0.3 is 4.42 Å². The third-order valence-electron chi connectivity index (χ3n) is 11.7. The van der Waals surface area contributed by atoms with Crippen molar-refractivity contribution in [2.45, 2.75) is 19.3 Å². The number of benzene rings is 8. The van der Waals surface area contributed by atoms with Gasteiger partial charge in [-0.05, 0) is 74.3 Å². The smallest absolute Gasteiger partial charge is 0.164 e. The fourth-order valence-electron chi connectivity index (χ4n) is 8.97. The van der Waals surface area contributed by atoms with Crippen molar-refractivity contribution in [3.63, 3.8) is 0 Å². The van der Waals surface area contributed by atoms with Crippen LogP contribution in [0.3, 0.4) is 0 Å². The van der Waals surface area contributed by atoms with Gasteiger partial charge in [0.15, 0.2) is 17.5 Å². The van der Waals surface area contributed by atoms with Crippen LogP contribution in [0.25, 0.3) is 101 Å². The summed E-state index contributed by atoms with van der Waals surface area (Å²) in [6, 6.07) is 65.9. The van der Waals surface area contributed by atoms with Gasteiger partial charge in [-0.3, -0.25) is 0 Å². The molecule has 0 radical (unpaired) electrons. The zero-order chi connectivity index (χ0) is 38.8. The Labute approximate surface area is 337 Å². The highest BCUT2D eigenvalue weighted by atomic mass is 16.3. The first-order chi connectivity index (χ1) is 28.5. The van der Waals surface area contributed by atoms with Crippen LogP contribution >= 0.6 is 0 Å². The molecule has 0 saturated carbocycles. The first kappa shape index (κ1) is 33.9. The Morgan fingerprint density at radius 1 is 0.379 bits per heavy atom. The Bertz CT molecular complexity index is 3100. The number of para-hydroxylation sites is 2. The minimum absolute atomic E-state index is 0.321. The summed E-state index contributed by atoms with van der Waals surface area (Å²) in [5, 5.41) is 2.23. The van der Waals surface area contributed by atoms with Crippen LogP contribution in [0.2, 0.25) is 0 Å². The maximum Gasteiger partial charge on any atom is 0.164 e. The molecule has 8 aromatic carbocycles. The number of nitrogens with zero attached hydrogens (tertiary/aromatic N) is 3. The van der Waals surface area contributed by atoms with Crippen molar-refractivity contribution in [3.05, 3.63) is 199 Å². The highest BCUT2D eigenvalue weighted by Gasteiger charge is 2.40. The van der Waals surface area contributed by atoms with Crippen LogP contribution in [0.5, 0.6) is 0 Å². The van der Waals surface area contributed by atoms with Gasteiger partial charge >= 0.3 is 0 Å². The molecular weight excluding hydrogens is 707 g/mol. The lowest BCUT2D eigenvalue weighted by molar-refractivity contribution is 0.659. The summed E-state index contributed by atoms with van der Waals surface area (Å²) in [7, 11) is 0. The third-order valence-corrected chi connectivity index (χ3v) is 11.7. The zero-order valence-corrected chi connectivity index (χ0v) is 32.1. The Morgan fingerprint density at radius 3 is 1.57 bits per heavy atom. The number of fused-ring (bicyclic) bond motifs is 6. The van der Waals surface area contributed by atoms with Gasteiger partial charge in [0, 0.05) is 38.4 Å². The topological polar surface area (TPSA) is 51.8 Å². The number of furan rings is 1. The first-order valence-electron chi connectivity index (χ1n) is 19.8. The largest absolute Gasteiger partial charge is 0.455 e. The summed E-state index contributed by atoms with van der Waals surface area (Å²) in [6.07, 6.45) is 0. The van der Waals surface area contributed by atoms with Crippen molar-refractivity contribution in [2.24, 2.45) is 0 Å². The molecule has 2 aromatic heterocycles. The number of rotatable bonds is 6. The Balaban J connectivity index is 1.17. The van der Waals surface area contributed by atoms with Gasteiger partial charge in [-0.15, -0.1) is 0 Å². The Kier molecular flexibility index (Phi) is 7.80. The van der Waals surface area contributed by atoms with E-state index in [4.69, 9.17) is 19.4 Å².